The van der Waals surface area contributed by atoms with E-state index in [1.165, 1.54) is 5.56 Å². The zero-order valence-corrected chi connectivity index (χ0v) is 14.7. The van der Waals surface area contributed by atoms with Crippen molar-refractivity contribution in [1.29, 1.82) is 0 Å². The molecule has 4 nitrogen and oxygen atoms in total. The highest BCUT2D eigenvalue weighted by molar-refractivity contribution is 7.98. The molecule has 0 saturated heterocycles. The van der Waals surface area contributed by atoms with Gasteiger partial charge in [0.05, 0.1) is 11.4 Å². The number of benzene rings is 2. The molecule has 124 valence electrons. The van der Waals surface area contributed by atoms with E-state index in [-0.39, 0.29) is 0 Å². The molecule has 0 spiro atoms. The predicted octanol–water partition coefficient (Wildman–Crippen LogP) is 4.57. The van der Waals surface area contributed by atoms with Crippen LogP contribution in [0.25, 0.3) is 16.9 Å². The monoisotopic (exact) mass is 346 g/mol. The van der Waals surface area contributed by atoms with E-state index < -0.39 is 0 Å². The molecule has 0 N–H and O–H groups in total. The van der Waals surface area contributed by atoms with Gasteiger partial charge < -0.3 is 4.57 Å². The molecule has 0 atom stereocenters. The van der Waals surface area contributed by atoms with Gasteiger partial charge in [0.15, 0.2) is 5.16 Å². The first kappa shape index (κ1) is 15.7. The number of imidazole rings is 1. The van der Waals surface area contributed by atoms with Crippen LogP contribution in [0.4, 0.5) is 0 Å². The Kier molecular flexibility index (Phi) is 4.39. The van der Waals surface area contributed by atoms with Crippen molar-refractivity contribution < 1.29 is 0 Å². The highest BCUT2D eigenvalue weighted by Crippen LogP contribution is 2.29. The van der Waals surface area contributed by atoms with Crippen LogP contribution in [0.5, 0.6) is 0 Å². The van der Waals surface area contributed by atoms with Gasteiger partial charge in [0.2, 0.25) is 0 Å². The number of aryl methyl sites for hydroxylation is 1. The van der Waals surface area contributed by atoms with Crippen molar-refractivity contribution in [3.63, 3.8) is 0 Å². The zero-order chi connectivity index (χ0) is 17.1. The molecule has 0 aliphatic rings. The number of thioether (sulfide) groups is 1. The van der Waals surface area contributed by atoms with Crippen molar-refractivity contribution >= 4 is 11.8 Å². The lowest BCUT2D eigenvalue weighted by Gasteiger charge is -2.03. The average molecular weight is 346 g/mol. The molecular formula is C20H18N4S. The van der Waals surface area contributed by atoms with Gasteiger partial charge in [-0.15, -0.1) is 0 Å². The molecule has 4 rings (SSSR count). The largest absolute Gasteiger partial charge is 0.329 e. The standard InChI is InChI=1S/C20H18N4S/c1-23-13-12-21-20(23)25-15-17-14-24(18-10-6-3-7-11-18)22-19(17)16-8-4-2-5-9-16/h2-14H,15H2,1H3. The van der Waals surface area contributed by atoms with Gasteiger partial charge in [0, 0.05) is 42.5 Å². The second-order valence-corrected chi connectivity index (χ2v) is 6.70. The molecule has 2 heterocycles. The van der Waals surface area contributed by atoms with E-state index in [4.69, 9.17) is 5.10 Å². The summed E-state index contributed by atoms with van der Waals surface area (Å²) < 4.78 is 3.99. The van der Waals surface area contributed by atoms with Crippen molar-refractivity contribution in [3.8, 4) is 16.9 Å². The van der Waals surface area contributed by atoms with Crippen molar-refractivity contribution in [1.82, 2.24) is 19.3 Å². The van der Waals surface area contributed by atoms with E-state index in [2.05, 4.69) is 35.4 Å². The minimum absolute atomic E-state index is 0.821. The van der Waals surface area contributed by atoms with Gasteiger partial charge >= 0.3 is 0 Å². The van der Waals surface area contributed by atoms with Crippen LogP contribution in [-0.2, 0) is 12.8 Å². The lowest BCUT2D eigenvalue weighted by atomic mass is 10.1. The molecule has 4 aromatic rings. The number of nitrogens with zero attached hydrogens (tertiary/aromatic N) is 4. The van der Waals surface area contributed by atoms with Crippen molar-refractivity contribution in [2.45, 2.75) is 10.9 Å². The highest BCUT2D eigenvalue weighted by Gasteiger charge is 2.13. The summed E-state index contributed by atoms with van der Waals surface area (Å²) in [7, 11) is 2.01. The molecule has 0 unspecified atom stereocenters. The Morgan fingerprint density at radius 1 is 0.960 bits per heavy atom. The van der Waals surface area contributed by atoms with Gasteiger partial charge in [-0.1, -0.05) is 60.3 Å². The van der Waals surface area contributed by atoms with Gasteiger partial charge in [-0.25, -0.2) is 9.67 Å². The Morgan fingerprint density at radius 3 is 2.36 bits per heavy atom. The Hall–Kier alpha value is -2.79. The molecular weight excluding hydrogens is 328 g/mol. The normalized spacial score (nSPS) is 10.9. The number of aromatic nitrogens is 4. The zero-order valence-electron chi connectivity index (χ0n) is 13.9. The summed E-state index contributed by atoms with van der Waals surface area (Å²) in [5.41, 5.74) is 4.41. The summed E-state index contributed by atoms with van der Waals surface area (Å²) in [5, 5.41) is 5.86. The maximum absolute atomic E-state index is 4.85. The summed E-state index contributed by atoms with van der Waals surface area (Å²) in [4.78, 5) is 4.40. The van der Waals surface area contributed by atoms with E-state index >= 15 is 0 Å². The van der Waals surface area contributed by atoms with Crippen LogP contribution in [0.3, 0.4) is 0 Å². The fourth-order valence-electron chi connectivity index (χ4n) is 2.70. The molecule has 2 aromatic heterocycles. The van der Waals surface area contributed by atoms with Crippen molar-refractivity contribution in [3.05, 3.63) is 84.8 Å². The van der Waals surface area contributed by atoms with Crippen LogP contribution in [0.1, 0.15) is 5.56 Å². The summed E-state index contributed by atoms with van der Waals surface area (Å²) in [6.45, 7) is 0. The molecule has 0 aliphatic heterocycles. The molecule has 0 amide bonds. The van der Waals surface area contributed by atoms with Crippen LogP contribution in [0, 0.1) is 0 Å². The number of para-hydroxylation sites is 1. The van der Waals surface area contributed by atoms with Crippen molar-refractivity contribution in [2.24, 2.45) is 7.05 Å². The average Bonchev–Trinajstić information content (AvgIpc) is 3.27. The number of rotatable bonds is 5. The number of hydrogen-bond acceptors (Lipinski definition) is 3. The van der Waals surface area contributed by atoms with Crippen LogP contribution in [-0.4, -0.2) is 19.3 Å². The maximum Gasteiger partial charge on any atom is 0.167 e. The van der Waals surface area contributed by atoms with E-state index in [1.807, 2.05) is 65.1 Å². The quantitative estimate of drug-likeness (QED) is 0.497. The fraction of sp³-hybridized carbons (Fsp3) is 0.100. The first-order valence-electron chi connectivity index (χ1n) is 8.11. The molecule has 5 heteroatoms. The minimum Gasteiger partial charge on any atom is -0.329 e. The second kappa shape index (κ2) is 6.99. The Labute approximate surface area is 151 Å². The lowest BCUT2D eigenvalue weighted by molar-refractivity contribution is 0.790. The van der Waals surface area contributed by atoms with Gasteiger partial charge in [0.1, 0.15) is 0 Å². The summed E-state index contributed by atoms with van der Waals surface area (Å²) in [6, 6.07) is 20.5. The number of hydrogen-bond donors (Lipinski definition) is 0. The molecule has 0 fully saturated rings. The summed E-state index contributed by atoms with van der Waals surface area (Å²) in [6.07, 6.45) is 5.91. The molecule has 0 aliphatic carbocycles. The topological polar surface area (TPSA) is 35.6 Å². The maximum atomic E-state index is 4.85. The van der Waals surface area contributed by atoms with Crippen LogP contribution in [0.15, 0.2) is 84.4 Å². The van der Waals surface area contributed by atoms with E-state index in [0.717, 1.165) is 27.9 Å². The van der Waals surface area contributed by atoms with E-state index in [0.29, 0.717) is 0 Å². The lowest BCUT2D eigenvalue weighted by Crippen LogP contribution is -1.93. The van der Waals surface area contributed by atoms with Gasteiger partial charge in [0.25, 0.3) is 0 Å². The third kappa shape index (κ3) is 3.37. The van der Waals surface area contributed by atoms with Crippen LogP contribution >= 0.6 is 11.8 Å². The van der Waals surface area contributed by atoms with E-state index in [9.17, 15) is 0 Å². The highest BCUT2D eigenvalue weighted by atomic mass is 32.2. The van der Waals surface area contributed by atoms with Crippen molar-refractivity contribution in [2.75, 3.05) is 0 Å². The van der Waals surface area contributed by atoms with E-state index in [1.54, 1.807) is 11.8 Å². The first-order valence-corrected chi connectivity index (χ1v) is 9.09. The third-order valence-corrected chi connectivity index (χ3v) is 5.10. The Morgan fingerprint density at radius 2 is 1.68 bits per heavy atom. The third-order valence-electron chi connectivity index (χ3n) is 3.99. The Bertz CT molecular complexity index is 958. The van der Waals surface area contributed by atoms with Crippen LogP contribution < -0.4 is 0 Å². The molecule has 0 bridgehead atoms. The minimum atomic E-state index is 0.821. The van der Waals surface area contributed by atoms with Gasteiger partial charge in [-0.2, -0.15) is 5.10 Å². The Balaban J connectivity index is 1.70. The molecule has 2 aromatic carbocycles. The smallest absolute Gasteiger partial charge is 0.167 e. The van der Waals surface area contributed by atoms with Gasteiger partial charge in [-0.05, 0) is 12.1 Å². The molecule has 25 heavy (non-hydrogen) atoms. The molecule has 0 saturated carbocycles. The molecule has 0 radical (unpaired) electrons. The predicted molar refractivity (Wildman–Crippen MR) is 102 cm³/mol. The SMILES string of the molecule is Cn1ccnc1SCc1cn(-c2ccccc2)nc1-c1ccccc1. The summed E-state index contributed by atoms with van der Waals surface area (Å²) in [5.74, 6) is 0.821. The second-order valence-electron chi connectivity index (χ2n) is 5.76. The first-order chi connectivity index (χ1) is 12.3. The summed E-state index contributed by atoms with van der Waals surface area (Å²) >= 11 is 1.72. The van der Waals surface area contributed by atoms with Crippen LogP contribution in [0.2, 0.25) is 0 Å². The fourth-order valence-corrected chi connectivity index (χ4v) is 3.60. The van der Waals surface area contributed by atoms with Gasteiger partial charge in [-0.3, -0.25) is 0 Å².